The number of halogens is 1. The SMILES string of the molecule is CCNC(=O)C1OC(n2cnc3c(NNC(=O)c4cc(C)on4)nc(Cl)nc32)[C@@H]2OC(C)(C)OC12. The monoisotopic (exact) mass is 506 g/mol. The second-order valence-corrected chi connectivity index (χ2v) is 8.81. The van der Waals surface area contributed by atoms with E-state index in [0.29, 0.717) is 23.5 Å². The van der Waals surface area contributed by atoms with Crippen LogP contribution in [-0.2, 0) is 19.0 Å². The first-order chi connectivity index (χ1) is 16.7. The standard InChI is InChI=1S/C20H23ClN8O6/c1-5-22-17(31)12-11-13(34-20(3,4)33-11)18(32-12)29-7-23-10-14(24-19(21)25-15(10)29)26-27-16(30)9-6-8(2)35-28-9/h6-7,11-13,18H,5H2,1-4H3,(H,22,31)(H,27,30)(H,24,25,26)/t11?,12?,13-,18?/m1/s1. The fourth-order valence-electron chi connectivity index (χ4n) is 4.10. The van der Waals surface area contributed by atoms with Crippen molar-refractivity contribution in [3.63, 3.8) is 0 Å². The van der Waals surface area contributed by atoms with Crippen molar-refractivity contribution in [1.29, 1.82) is 0 Å². The van der Waals surface area contributed by atoms with Crippen LogP contribution >= 0.6 is 11.6 Å². The summed E-state index contributed by atoms with van der Waals surface area (Å²) in [5.41, 5.74) is 5.84. The Morgan fingerprint density at radius 1 is 1.23 bits per heavy atom. The van der Waals surface area contributed by atoms with E-state index in [-0.39, 0.29) is 22.7 Å². The molecule has 2 aliphatic heterocycles. The Morgan fingerprint density at radius 3 is 2.71 bits per heavy atom. The highest BCUT2D eigenvalue weighted by atomic mass is 35.5. The Hall–Kier alpha value is -3.33. The molecule has 5 heterocycles. The lowest BCUT2D eigenvalue weighted by molar-refractivity contribution is -0.197. The molecule has 3 unspecified atom stereocenters. The highest BCUT2D eigenvalue weighted by molar-refractivity contribution is 6.28. The van der Waals surface area contributed by atoms with Crippen LogP contribution < -0.4 is 16.2 Å². The summed E-state index contributed by atoms with van der Waals surface area (Å²) < 4.78 is 24.6. The summed E-state index contributed by atoms with van der Waals surface area (Å²) in [6.45, 7) is 7.46. The molecular formula is C20H23ClN8O6. The Balaban J connectivity index is 1.44. The van der Waals surface area contributed by atoms with Gasteiger partial charge in [0, 0.05) is 12.6 Å². The van der Waals surface area contributed by atoms with Gasteiger partial charge in [0.1, 0.15) is 18.0 Å². The lowest BCUT2D eigenvalue weighted by Crippen LogP contribution is -2.42. The van der Waals surface area contributed by atoms with Crippen molar-refractivity contribution < 1.29 is 28.3 Å². The second kappa shape index (κ2) is 8.71. The largest absolute Gasteiger partial charge is 0.361 e. The number of hydrogen-bond donors (Lipinski definition) is 3. The van der Waals surface area contributed by atoms with Crippen LogP contribution in [0.3, 0.4) is 0 Å². The van der Waals surface area contributed by atoms with Gasteiger partial charge in [0.15, 0.2) is 40.8 Å². The number of nitrogens with zero attached hydrogens (tertiary/aromatic N) is 5. The first kappa shape index (κ1) is 23.4. The predicted octanol–water partition coefficient (Wildman–Crippen LogP) is 1.09. The van der Waals surface area contributed by atoms with Gasteiger partial charge in [-0.25, -0.2) is 4.98 Å². The zero-order valence-corrected chi connectivity index (χ0v) is 20.0. The predicted molar refractivity (Wildman–Crippen MR) is 119 cm³/mol. The molecule has 0 spiro atoms. The second-order valence-electron chi connectivity index (χ2n) is 8.47. The van der Waals surface area contributed by atoms with Crippen LogP contribution in [0.25, 0.3) is 11.2 Å². The van der Waals surface area contributed by atoms with Crippen molar-refractivity contribution in [3.8, 4) is 0 Å². The molecule has 186 valence electrons. The fourth-order valence-corrected chi connectivity index (χ4v) is 4.27. The van der Waals surface area contributed by atoms with Crippen molar-refractivity contribution in [2.24, 2.45) is 0 Å². The maximum absolute atomic E-state index is 12.6. The van der Waals surface area contributed by atoms with Crippen molar-refractivity contribution in [2.45, 2.75) is 58.0 Å². The summed E-state index contributed by atoms with van der Waals surface area (Å²) in [6, 6.07) is 1.48. The first-order valence-electron chi connectivity index (χ1n) is 10.9. The number of carbonyl (C=O) groups excluding carboxylic acids is 2. The molecule has 4 atom stereocenters. The number of hydrogen-bond acceptors (Lipinski definition) is 11. The number of ether oxygens (including phenoxy) is 3. The van der Waals surface area contributed by atoms with Gasteiger partial charge in [-0.05, 0) is 39.3 Å². The summed E-state index contributed by atoms with van der Waals surface area (Å²) in [4.78, 5) is 37.7. The number of aryl methyl sites for hydroxylation is 1. The molecule has 2 amide bonds. The van der Waals surface area contributed by atoms with Crippen LogP contribution in [0.2, 0.25) is 5.28 Å². The van der Waals surface area contributed by atoms with Crippen LogP contribution in [0, 0.1) is 6.92 Å². The van der Waals surface area contributed by atoms with Gasteiger partial charge in [0.05, 0.1) is 6.33 Å². The van der Waals surface area contributed by atoms with Crippen molar-refractivity contribution in [3.05, 3.63) is 29.1 Å². The van der Waals surface area contributed by atoms with E-state index in [0.717, 1.165) is 0 Å². The van der Waals surface area contributed by atoms with Gasteiger partial charge in [0.2, 0.25) is 5.28 Å². The topological polar surface area (TPSA) is 168 Å². The average Bonchev–Trinajstić information content (AvgIpc) is 3.54. The minimum absolute atomic E-state index is 0.0831. The number of carbonyl (C=O) groups is 2. The summed E-state index contributed by atoms with van der Waals surface area (Å²) in [5.74, 6) is -1.14. The van der Waals surface area contributed by atoms with E-state index in [9.17, 15) is 9.59 Å². The molecule has 0 bridgehead atoms. The van der Waals surface area contributed by atoms with E-state index in [1.54, 1.807) is 25.3 Å². The van der Waals surface area contributed by atoms with Crippen LogP contribution in [-0.4, -0.2) is 67.1 Å². The van der Waals surface area contributed by atoms with E-state index in [4.69, 9.17) is 30.3 Å². The van der Waals surface area contributed by atoms with Crippen molar-refractivity contribution in [1.82, 2.24) is 35.4 Å². The number of fused-ring (bicyclic) bond motifs is 2. The van der Waals surface area contributed by atoms with Crippen molar-refractivity contribution >= 4 is 40.4 Å². The number of anilines is 1. The molecule has 2 saturated heterocycles. The molecule has 14 nitrogen and oxygen atoms in total. The highest BCUT2D eigenvalue weighted by Crippen LogP contribution is 2.44. The van der Waals surface area contributed by atoms with Gasteiger partial charge in [-0.2, -0.15) is 9.97 Å². The summed E-state index contributed by atoms with van der Waals surface area (Å²) in [7, 11) is 0. The third-order valence-corrected chi connectivity index (χ3v) is 5.63. The van der Waals surface area contributed by atoms with E-state index >= 15 is 0 Å². The quantitative estimate of drug-likeness (QED) is 0.323. The Bertz CT molecular complexity index is 1290. The van der Waals surface area contributed by atoms with E-state index in [1.807, 2.05) is 6.92 Å². The lowest BCUT2D eigenvalue weighted by atomic mass is 10.1. The average molecular weight is 507 g/mol. The van der Waals surface area contributed by atoms with Gasteiger partial charge < -0.3 is 24.1 Å². The number of nitrogens with one attached hydrogen (secondary N) is 3. The molecule has 5 rings (SSSR count). The zero-order valence-electron chi connectivity index (χ0n) is 19.2. The maximum Gasteiger partial charge on any atom is 0.291 e. The van der Waals surface area contributed by atoms with Crippen LogP contribution in [0.1, 0.15) is 43.2 Å². The number of hydrazine groups is 1. The Kier molecular flexibility index (Phi) is 5.83. The number of aromatic nitrogens is 5. The molecular weight excluding hydrogens is 484 g/mol. The molecule has 2 aliphatic rings. The molecule has 2 fully saturated rings. The number of rotatable bonds is 6. The van der Waals surface area contributed by atoms with E-state index in [1.165, 1.54) is 12.4 Å². The third kappa shape index (κ3) is 4.29. The summed E-state index contributed by atoms with van der Waals surface area (Å²) in [5, 5.41) is 6.31. The summed E-state index contributed by atoms with van der Waals surface area (Å²) >= 11 is 6.17. The van der Waals surface area contributed by atoms with E-state index in [2.05, 4.69) is 36.3 Å². The first-order valence-corrected chi connectivity index (χ1v) is 11.2. The number of likely N-dealkylation sites (N-methyl/N-ethyl adjacent to an activating group) is 1. The normalized spacial score (nSPS) is 24.9. The minimum Gasteiger partial charge on any atom is -0.361 e. The lowest BCUT2D eigenvalue weighted by Gasteiger charge is -2.24. The van der Waals surface area contributed by atoms with Gasteiger partial charge >= 0.3 is 0 Å². The van der Waals surface area contributed by atoms with Crippen LogP contribution in [0.15, 0.2) is 16.9 Å². The summed E-state index contributed by atoms with van der Waals surface area (Å²) in [6.07, 6.45) is -1.47. The molecule has 3 aromatic heterocycles. The highest BCUT2D eigenvalue weighted by Gasteiger charge is 2.58. The Labute approximate surface area is 203 Å². The van der Waals surface area contributed by atoms with Gasteiger partial charge in [-0.15, -0.1) is 0 Å². The molecule has 3 N–H and O–H groups in total. The molecule has 35 heavy (non-hydrogen) atoms. The van der Waals surface area contributed by atoms with Gasteiger partial charge in [-0.3, -0.25) is 25.0 Å². The Morgan fingerprint density at radius 2 is 2.00 bits per heavy atom. The molecule has 0 radical (unpaired) electrons. The third-order valence-electron chi connectivity index (χ3n) is 5.46. The van der Waals surface area contributed by atoms with Crippen LogP contribution in [0.5, 0.6) is 0 Å². The smallest absolute Gasteiger partial charge is 0.291 e. The molecule has 0 saturated carbocycles. The molecule has 0 aliphatic carbocycles. The maximum atomic E-state index is 12.6. The molecule has 15 heteroatoms. The molecule has 3 aromatic rings. The number of imidazole rings is 1. The fraction of sp³-hybridized carbons (Fsp3) is 0.500. The number of amides is 2. The molecule has 0 aromatic carbocycles. The minimum atomic E-state index is -0.915. The van der Waals surface area contributed by atoms with Crippen LogP contribution in [0.4, 0.5) is 5.82 Å². The van der Waals surface area contributed by atoms with E-state index < -0.39 is 36.2 Å². The van der Waals surface area contributed by atoms with Gasteiger partial charge in [-0.1, -0.05) is 5.16 Å². The van der Waals surface area contributed by atoms with Gasteiger partial charge in [0.25, 0.3) is 11.8 Å². The van der Waals surface area contributed by atoms with Crippen molar-refractivity contribution in [2.75, 3.05) is 12.0 Å². The zero-order chi connectivity index (χ0) is 24.9.